The van der Waals surface area contributed by atoms with Gasteiger partial charge >= 0.3 is 6.18 Å². The van der Waals surface area contributed by atoms with Crippen LogP contribution >= 0.6 is 0 Å². The predicted octanol–water partition coefficient (Wildman–Crippen LogP) is 4.28. The first-order valence-electron chi connectivity index (χ1n) is 7.18. The maximum atomic E-state index is 12.9. The van der Waals surface area contributed by atoms with Gasteiger partial charge in [0.1, 0.15) is 11.6 Å². The molecular formula is C17H15F4NO2. The van der Waals surface area contributed by atoms with E-state index in [1.165, 1.54) is 41.3 Å². The van der Waals surface area contributed by atoms with Gasteiger partial charge in [0.25, 0.3) is 5.91 Å². The van der Waals surface area contributed by atoms with Crippen molar-refractivity contribution in [1.82, 2.24) is 0 Å². The Balaban J connectivity index is 2.11. The number of rotatable bonds is 5. The zero-order chi connectivity index (χ0) is 17.7. The molecule has 0 aliphatic heterocycles. The highest BCUT2D eigenvalue weighted by Crippen LogP contribution is 2.35. The molecule has 2 rings (SSSR count). The van der Waals surface area contributed by atoms with Crippen molar-refractivity contribution in [3.05, 3.63) is 59.9 Å². The lowest BCUT2D eigenvalue weighted by Gasteiger charge is -2.21. The molecule has 0 atom stereocenters. The van der Waals surface area contributed by atoms with E-state index in [1.54, 1.807) is 6.92 Å². The SMILES string of the molecule is CCN(C(=O)COc1ccccc1C(F)(F)F)c1ccc(F)cc1. The Labute approximate surface area is 136 Å². The van der Waals surface area contributed by atoms with Crippen molar-refractivity contribution >= 4 is 11.6 Å². The number of amides is 1. The number of benzene rings is 2. The van der Waals surface area contributed by atoms with Crippen molar-refractivity contribution in [1.29, 1.82) is 0 Å². The molecule has 0 spiro atoms. The standard InChI is InChI=1S/C17H15F4NO2/c1-2-22(13-9-7-12(18)8-10-13)16(23)11-24-15-6-4-3-5-14(15)17(19,20)21/h3-10H,2,11H2,1H3. The zero-order valence-corrected chi connectivity index (χ0v) is 12.8. The van der Waals surface area contributed by atoms with Gasteiger partial charge in [-0.25, -0.2) is 4.39 Å². The van der Waals surface area contributed by atoms with Crippen LogP contribution in [-0.2, 0) is 11.0 Å². The maximum absolute atomic E-state index is 12.9. The lowest BCUT2D eigenvalue weighted by Crippen LogP contribution is -2.35. The van der Waals surface area contributed by atoms with Crippen LogP contribution in [0.4, 0.5) is 23.2 Å². The van der Waals surface area contributed by atoms with Gasteiger partial charge in [-0.1, -0.05) is 12.1 Å². The molecule has 128 valence electrons. The third kappa shape index (κ3) is 4.24. The Morgan fingerprint density at radius 2 is 1.71 bits per heavy atom. The number of carbonyl (C=O) groups is 1. The number of hydrogen-bond acceptors (Lipinski definition) is 2. The molecule has 0 radical (unpaired) electrons. The number of hydrogen-bond donors (Lipinski definition) is 0. The number of para-hydroxylation sites is 1. The monoisotopic (exact) mass is 341 g/mol. The highest BCUT2D eigenvalue weighted by Gasteiger charge is 2.34. The van der Waals surface area contributed by atoms with Gasteiger partial charge in [0.15, 0.2) is 6.61 Å². The van der Waals surface area contributed by atoms with Crippen LogP contribution in [0.1, 0.15) is 12.5 Å². The first-order valence-corrected chi connectivity index (χ1v) is 7.18. The Bertz CT molecular complexity index is 698. The van der Waals surface area contributed by atoms with E-state index >= 15 is 0 Å². The molecule has 0 bridgehead atoms. The molecule has 0 aliphatic carbocycles. The summed E-state index contributed by atoms with van der Waals surface area (Å²) in [5, 5.41) is 0. The van der Waals surface area contributed by atoms with E-state index in [-0.39, 0.29) is 6.54 Å². The Kier molecular flexibility index (Phi) is 5.43. The van der Waals surface area contributed by atoms with Crippen LogP contribution in [0, 0.1) is 5.82 Å². The molecule has 0 aromatic heterocycles. The predicted molar refractivity (Wildman–Crippen MR) is 81.4 cm³/mol. The molecular weight excluding hydrogens is 326 g/mol. The van der Waals surface area contributed by atoms with Gasteiger partial charge < -0.3 is 9.64 Å². The Morgan fingerprint density at radius 3 is 2.29 bits per heavy atom. The number of halogens is 4. The summed E-state index contributed by atoms with van der Waals surface area (Å²) in [5.41, 5.74) is -0.501. The van der Waals surface area contributed by atoms with Gasteiger partial charge in [-0.15, -0.1) is 0 Å². The topological polar surface area (TPSA) is 29.5 Å². The molecule has 24 heavy (non-hydrogen) atoms. The molecule has 0 saturated heterocycles. The molecule has 1 amide bonds. The number of nitrogens with zero attached hydrogens (tertiary/aromatic N) is 1. The van der Waals surface area contributed by atoms with Crippen molar-refractivity contribution < 1.29 is 27.1 Å². The van der Waals surface area contributed by atoms with E-state index < -0.39 is 35.8 Å². The second-order valence-corrected chi connectivity index (χ2v) is 4.90. The van der Waals surface area contributed by atoms with Gasteiger partial charge in [-0.3, -0.25) is 4.79 Å². The van der Waals surface area contributed by atoms with E-state index in [2.05, 4.69) is 0 Å². The Morgan fingerprint density at radius 1 is 1.08 bits per heavy atom. The average molecular weight is 341 g/mol. The smallest absolute Gasteiger partial charge is 0.419 e. The zero-order valence-electron chi connectivity index (χ0n) is 12.8. The molecule has 0 heterocycles. The lowest BCUT2D eigenvalue weighted by molar-refractivity contribution is -0.139. The summed E-state index contributed by atoms with van der Waals surface area (Å²) in [6.07, 6.45) is -4.57. The second-order valence-electron chi connectivity index (χ2n) is 4.90. The highest BCUT2D eigenvalue weighted by molar-refractivity contribution is 5.94. The van der Waals surface area contributed by atoms with E-state index in [0.717, 1.165) is 12.1 Å². The van der Waals surface area contributed by atoms with Crippen molar-refractivity contribution in [2.75, 3.05) is 18.1 Å². The summed E-state index contributed by atoms with van der Waals surface area (Å²) in [7, 11) is 0. The van der Waals surface area contributed by atoms with Crippen molar-refractivity contribution in [2.45, 2.75) is 13.1 Å². The summed E-state index contributed by atoms with van der Waals surface area (Å²) in [5.74, 6) is -1.38. The molecule has 0 aliphatic rings. The van der Waals surface area contributed by atoms with Crippen LogP contribution in [0.15, 0.2) is 48.5 Å². The average Bonchev–Trinajstić information content (AvgIpc) is 2.55. The summed E-state index contributed by atoms with van der Waals surface area (Å²) < 4.78 is 56.7. The minimum Gasteiger partial charge on any atom is -0.483 e. The number of carbonyl (C=O) groups excluding carboxylic acids is 1. The molecule has 7 heteroatoms. The van der Waals surface area contributed by atoms with E-state index in [1.807, 2.05) is 0 Å². The largest absolute Gasteiger partial charge is 0.483 e. The van der Waals surface area contributed by atoms with Crippen LogP contribution in [-0.4, -0.2) is 19.1 Å². The minimum atomic E-state index is -4.57. The van der Waals surface area contributed by atoms with Gasteiger partial charge in [0, 0.05) is 12.2 Å². The number of alkyl halides is 3. The fourth-order valence-electron chi connectivity index (χ4n) is 2.17. The van der Waals surface area contributed by atoms with Crippen LogP contribution < -0.4 is 9.64 Å². The third-order valence-electron chi connectivity index (χ3n) is 3.30. The Hall–Kier alpha value is -2.57. The molecule has 2 aromatic carbocycles. The first-order chi connectivity index (χ1) is 11.3. The van der Waals surface area contributed by atoms with Crippen molar-refractivity contribution in [3.8, 4) is 5.75 Å². The highest BCUT2D eigenvalue weighted by atomic mass is 19.4. The summed E-state index contributed by atoms with van der Waals surface area (Å²) in [4.78, 5) is 13.5. The van der Waals surface area contributed by atoms with E-state index in [9.17, 15) is 22.4 Å². The molecule has 0 fully saturated rings. The van der Waals surface area contributed by atoms with E-state index in [4.69, 9.17) is 4.74 Å². The maximum Gasteiger partial charge on any atom is 0.419 e. The first kappa shape index (κ1) is 17.8. The molecule has 0 unspecified atom stereocenters. The van der Waals surface area contributed by atoms with Crippen LogP contribution in [0.2, 0.25) is 0 Å². The van der Waals surface area contributed by atoms with Crippen molar-refractivity contribution in [3.63, 3.8) is 0 Å². The molecule has 3 nitrogen and oxygen atoms in total. The third-order valence-corrected chi connectivity index (χ3v) is 3.30. The van der Waals surface area contributed by atoms with Crippen LogP contribution in [0.5, 0.6) is 5.75 Å². The quantitative estimate of drug-likeness (QED) is 0.760. The second kappa shape index (κ2) is 7.33. The molecule has 0 saturated carbocycles. The van der Waals surface area contributed by atoms with Gasteiger partial charge in [-0.2, -0.15) is 13.2 Å². The van der Waals surface area contributed by atoms with Gasteiger partial charge in [-0.05, 0) is 43.3 Å². The molecule has 0 N–H and O–H groups in total. The summed E-state index contributed by atoms with van der Waals surface area (Å²) in [6, 6.07) is 9.92. The summed E-state index contributed by atoms with van der Waals surface area (Å²) in [6.45, 7) is 1.41. The normalized spacial score (nSPS) is 11.2. The fourth-order valence-corrected chi connectivity index (χ4v) is 2.17. The van der Waals surface area contributed by atoms with Gasteiger partial charge in [0.05, 0.1) is 5.56 Å². The fraction of sp³-hybridized carbons (Fsp3) is 0.235. The van der Waals surface area contributed by atoms with Crippen LogP contribution in [0.3, 0.4) is 0 Å². The lowest BCUT2D eigenvalue weighted by atomic mass is 10.2. The summed E-state index contributed by atoms with van der Waals surface area (Å²) >= 11 is 0. The number of likely N-dealkylation sites (N-methyl/N-ethyl adjacent to an activating group) is 1. The van der Waals surface area contributed by atoms with E-state index in [0.29, 0.717) is 5.69 Å². The number of ether oxygens (including phenoxy) is 1. The van der Waals surface area contributed by atoms with Crippen LogP contribution in [0.25, 0.3) is 0 Å². The molecule has 2 aromatic rings. The van der Waals surface area contributed by atoms with Crippen molar-refractivity contribution in [2.24, 2.45) is 0 Å². The number of anilines is 1. The minimum absolute atomic E-state index is 0.273. The van der Waals surface area contributed by atoms with Gasteiger partial charge in [0.2, 0.25) is 0 Å².